The van der Waals surface area contributed by atoms with Crippen LogP contribution in [0.2, 0.25) is 0 Å². The van der Waals surface area contributed by atoms with Crippen molar-refractivity contribution in [2.75, 3.05) is 6.61 Å². The second-order valence-corrected chi connectivity index (χ2v) is 4.43. The van der Waals surface area contributed by atoms with Gasteiger partial charge in [0.1, 0.15) is 24.6 Å². The maximum absolute atomic E-state index is 11.0. The third kappa shape index (κ3) is 2.00. The van der Waals surface area contributed by atoms with E-state index in [1.54, 1.807) is 6.92 Å². The fourth-order valence-electron chi connectivity index (χ4n) is 2.36. The fourth-order valence-corrected chi connectivity index (χ4v) is 2.36. The fraction of sp³-hybridized carbons (Fsp3) is 0.700. The molecule has 0 bridgehead atoms. The molecule has 1 amide bonds. The molecule has 2 fully saturated rings. The zero-order valence-corrected chi connectivity index (χ0v) is 10.2. The number of aromatic nitrogens is 3. The molecule has 3 rings (SSSR count). The Bertz CT molecular complexity index is 492. The van der Waals surface area contributed by atoms with Gasteiger partial charge in [-0.05, 0) is 6.92 Å². The predicted octanol–water partition coefficient (Wildman–Crippen LogP) is -1.60. The Balaban J connectivity index is 1.85. The van der Waals surface area contributed by atoms with Crippen LogP contribution >= 0.6 is 0 Å². The maximum atomic E-state index is 11.0. The monoisotopic (exact) mass is 270 g/mol. The van der Waals surface area contributed by atoms with Crippen molar-refractivity contribution in [2.45, 2.75) is 37.8 Å². The van der Waals surface area contributed by atoms with E-state index < -0.39 is 24.3 Å². The number of carbonyl (C=O) groups is 1. The van der Waals surface area contributed by atoms with Crippen LogP contribution in [0.15, 0.2) is 6.33 Å². The number of carbonyl (C=O) groups excluding carboxylic acids is 1. The average Bonchev–Trinajstić information content (AvgIpc) is 3.02. The molecule has 19 heavy (non-hydrogen) atoms. The molecule has 5 atom stereocenters. The number of nitrogens with zero attached hydrogens (tertiary/aromatic N) is 3. The van der Waals surface area contributed by atoms with Crippen LogP contribution in [0.4, 0.5) is 0 Å². The molecule has 2 saturated heterocycles. The molecule has 9 heteroatoms. The van der Waals surface area contributed by atoms with Crippen LogP contribution in [-0.2, 0) is 14.2 Å². The Kier molecular flexibility index (Phi) is 2.97. The Morgan fingerprint density at radius 2 is 2.21 bits per heavy atom. The minimum absolute atomic E-state index is 0.0976. The summed E-state index contributed by atoms with van der Waals surface area (Å²) in [7, 11) is 0. The minimum atomic E-state index is -0.719. The number of primary amides is 1. The van der Waals surface area contributed by atoms with Gasteiger partial charge in [-0.15, -0.1) is 5.10 Å². The van der Waals surface area contributed by atoms with Gasteiger partial charge in [0.2, 0.25) is 5.82 Å². The zero-order chi connectivity index (χ0) is 13.6. The third-order valence-corrected chi connectivity index (χ3v) is 3.15. The highest BCUT2D eigenvalue weighted by atomic mass is 16.8. The van der Waals surface area contributed by atoms with E-state index in [-0.39, 0.29) is 24.8 Å². The number of hydrogen-bond donors (Lipinski definition) is 2. The largest absolute Gasteiger partial charge is 0.394 e. The van der Waals surface area contributed by atoms with Crippen molar-refractivity contribution in [3.63, 3.8) is 0 Å². The first-order valence-corrected chi connectivity index (χ1v) is 5.88. The van der Waals surface area contributed by atoms with Crippen LogP contribution < -0.4 is 5.73 Å². The molecule has 9 nitrogen and oxygen atoms in total. The minimum Gasteiger partial charge on any atom is -0.394 e. The molecule has 104 valence electrons. The summed E-state index contributed by atoms with van der Waals surface area (Å²) in [6.07, 6.45) is -0.919. The van der Waals surface area contributed by atoms with Gasteiger partial charge in [-0.1, -0.05) is 0 Å². The van der Waals surface area contributed by atoms with Gasteiger partial charge >= 0.3 is 0 Å². The van der Waals surface area contributed by atoms with E-state index in [0.717, 1.165) is 0 Å². The second-order valence-electron chi connectivity index (χ2n) is 4.43. The lowest BCUT2D eigenvalue weighted by atomic mass is 10.1. The number of ether oxygens (including phenoxy) is 3. The lowest BCUT2D eigenvalue weighted by Gasteiger charge is -2.17. The van der Waals surface area contributed by atoms with E-state index in [1.807, 2.05) is 0 Å². The van der Waals surface area contributed by atoms with Crippen LogP contribution in [0, 0.1) is 0 Å². The van der Waals surface area contributed by atoms with Gasteiger partial charge in [0.25, 0.3) is 5.91 Å². The van der Waals surface area contributed by atoms with Crippen LogP contribution in [0.5, 0.6) is 0 Å². The summed E-state index contributed by atoms with van der Waals surface area (Å²) in [6.45, 7) is 1.57. The topological polar surface area (TPSA) is 122 Å². The number of aliphatic hydroxyl groups excluding tert-OH is 1. The van der Waals surface area contributed by atoms with Crippen LogP contribution in [0.1, 0.15) is 23.8 Å². The Morgan fingerprint density at radius 3 is 2.84 bits per heavy atom. The summed E-state index contributed by atoms with van der Waals surface area (Å²) in [5, 5.41) is 13.2. The Labute approximate surface area is 108 Å². The van der Waals surface area contributed by atoms with E-state index in [1.165, 1.54) is 11.0 Å². The van der Waals surface area contributed by atoms with Crippen LogP contribution in [-0.4, -0.2) is 57.0 Å². The lowest BCUT2D eigenvalue weighted by molar-refractivity contribution is -0.146. The first-order valence-electron chi connectivity index (χ1n) is 5.88. The molecular weight excluding hydrogens is 256 g/mol. The van der Waals surface area contributed by atoms with Gasteiger partial charge in [0.05, 0.1) is 6.61 Å². The summed E-state index contributed by atoms with van der Waals surface area (Å²) in [4.78, 5) is 14.8. The molecule has 3 unspecified atom stereocenters. The first kappa shape index (κ1) is 12.5. The average molecular weight is 270 g/mol. The number of nitrogens with two attached hydrogens (primary N) is 1. The molecule has 0 saturated carbocycles. The van der Waals surface area contributed by atoms with Gasteiger partial charge in [-0.25, -0.2) is 9.67 Å². The highest BCUT2D eigenvalue weighted by Crippen LogP contribution is 2.38. The lowest BCUT2D eigenvalue weighted by Crippen LogP contribution is -2.31. The summed E-state index contributed by atoms with van der Waals surface area (Å²) in [5.74, 6) is -0.816. The van der Waals surface area contributed by atoms with E-state index in [9.17, 15) is 9.90 Å². The highest BCUT2D eigenvalue weighted by Gasteiger charge is 2.52. The molecule has 3 heterocycles. The van der Waals surface area contributed by atoms with Crippen molar-refractivity contribution >= 4 is 5.91 Å². The molecule has 0 spiro atoms. The summed E-state index contributed by atoms with van der Waals surface area (Å²) in [5.41, 5.74) is 5.09. The molecular formula is C10H14N4O5. The van der Waals surface area contributed by atoms with Crippen molar-refractivity contribution < 1.29 is 24.1 Å². The molecule has 1 aromatic heterocycles. The summed E-state index contributed by atoms with van der Waals surface area (Å²) in [6, 6.07) is 0. The van der Waals surface area contributed by atoms with Gasteiger partial charge in [0.15, 0.2) is 12.5 Å². The molecule has 0 aromatic carbocycles. The SMILES string of the molecule is CC1OC2C(O1)[C@@H](CO)O[C@H]2n1cnc(C(N)=O)n1. The van der Waals surface area contributed by atoms with Gasteiger partial charge in [-0.3, -0.25) is 4.79 Å². The van der Waals surface area contributed by atoms with Crippen molar-refractivity contribution in [1.29, 1.82) is 0 Å². The standard InChI is InChI=1S/C10H14N4O5/c1-4-17-6-5(2-15)19-10(7(6)18-4)14-3-12-9(13-14)8(11)16/h3-7,10,15H,2H2,1H3,(H2,11,16)/t4?,5-,6?,7?,10-/m1/s1. The normalized spacial score (nSPS) is 37.5. The van der Waals surface area contributed by atoms with Gasteiger partial charge < -0.3 is 25.1 Å². The number of hydrogen-bond acceptors (Lipinski definition) is 7. The van der Waals surface area contributed by atoms with Crippen molar-refractivity contribution in [3.8, 4) is 0 Å². The predicted molar refractivity (Wildman–Crippen MR) is 58.7 cm³/mol. The Hall–Kier alpha value is -1.55. The van der Waals surface area contributed by atoms with Crippen molar-refractivity contribution in [3.05, 3.63) is 12.2 Å². The van der Waals surface area contributed by atoms with Gasteiger partial charge in [0, 0.05) is 0 Å². The molecule has 3 N–H and O–H groups in total. The Morgan fingerprint density at radius 1 is 1.47 bits per heavy atom. The van der Waals surface area contributed by atoms with Crippen LogP contribution in [0.3, 0.4) is 0 Å². The number of amides is 1. The summed E-state index contributed by atoms with van der Waals surface area (Å²) < 4.78 is 18.1. The quantitative estimate of drug-likeness (QED) is 0.678. The number of rotatable bonds is 3. The van der Waals surface area contributed by atoms with E-state index in [2.05, 4.69) is 10.1 Å². The smallest absolute Gasteiger partial charge is 0.288 e. The van der Waals surface area contributed by atoms with Crippen molar-refractivity contribution in [2.24, 2.45) is 5.73 Å². The van der Waals surface area contributed by atoms with E-state index in [4.69, 9.17) is 19.9 Å². The van der Waals surface area contributed by atoms with Gasteiger partial charge in [-0.2, -0.15) is 0 Å². The maximum Gasteiger partial charge on any atom is 0.288 e. The summed E-state index contributed by atoms with van der Waals surface area (Å²) >= 11 is 0. The highest BCUT2D eigenvalue weighted by molar-refractivity contribution is 5.88. The molecule has 1 aromatic rings. The zero-order valence-electron chi connectivity index (χ0n) is 10.2. The number of fused-ring (bicyclic) bond motifs is 1. The molecule has 2 aliphatic heterocycles. The second kappa shape index (κ2) is 4.53. The molecule has 2 aliphatic rings. The van der Waals surface area contributed by atoms with Crippen molar-refractivity contribution in [1.82, 2.24) is 14.8 Å². The third-order valence-electron chi connectivity index (χ3n) is 3.15. The molecule has 0 radical (unpaired) electrons. The first-order chi connectivity index (χ1) is 9.10. The van der Waals surface area contributed by atoms with Crippen LogP contribution in [0.25, 0.3) is 0 Å². The van der Waals surface area contributed by atoms with E-state index in [0.29, 0.717) is 0 Å². The molecule has 0 aliphatic carbocycles. The van der Waals surface area contributed by atoms with E-state index >= 15 is 0 Å². The number of aliphatic hydroxyl groups is 1.